The first kappa shape index (κ1) is 13.6. The van der Waals surface area contributed by atoms with E-state index >= 15 is 0 Å². The lowest BCUT2D eigenvalue weighted by Gasteiger charge is -2.08. The lowest BCUT2D eigenvalue weighted by Crippen LogP contribution is -2.09. The Balaban J connectivity index is 1.71. The lowest BCUT2D eigenvalue weighted by molar-refractivity contribution is 0.300. The molecule has 1 heterocycles. The first-order valence-electron chi connectivity index (χ1n) is 6.80. The minimum Gasteiger partial charge on any atom is -0.492 e. The molecule has 0 radical (unpaired) electrons. The van der Waals surface area contributed by atoms with Gasteiger partial charge in [-0.3, -0.25) is 0 Å². The van der Waals surface area contributed by atoms with Crippen LogP contribution in [-0.2, 0) is 6.54 Å². The number of rotatable bonds is 5. The molecule has 0 fully saturated rings. The van der Waals surface area contributed by atoms with Gasteiger partial charge in [-0.25, -0.2) is 0 Å². The fourth-order valence-corrected chi connectivity index (χ4v) is 2.45. The average molecular weight is 296 g/mol. The molecular weight excluding hydrogens is 280 g/mol. The second-order valence-electron chi connectivity index (χ2n) is 4.81. The highest BCUT2D eigenvalue weighted by atomic mass is 32.1. The third-order valence-corrected chi connectivity index (χ3v) is 3.64. The largest absolute Gasteiger partial charge is 0.492 e. The molecule has 106 valence electrons. The zero-order valence-electron chi connectivity index (χ0n) is 11.5. The number of aromatic nitrogens is 1. The molecule has 0 aliphatic rings. The van der Waals surface area contributed by atoms with Crippen LogP contribution in [0.3, 0.4) is 0 Å². The summed E-state index contributed by atoms with van der Waals surface area (Å²) in [6.45, 7) is 1.43. The molecule has 0 bridgehead atoms. The van der Waals surface area contributed by atoms with Gasteiger partial charge in [-0.05, 0) is 36.4 Å². The molecule has 0 aliphatic heterocycles. The molecule has 2 aromatic carbocycles. The predicted molar refractivity (Wildman–Crippen MR) is 89.8 cm³/mol. The molecular formula is C17H16N2OS. The van der Waals surface area contributed by atoms with Crippen molar-refractivity contribution < 1.29 is 4.74 Å². The van der Waals surface area contributed by atoms with E-state index in [1.807, 2.05) is 48.5 Å². The van der Waals surface area contributed by atoms with Gasteiger partial charge in [0.05, 0.1) is 6.54 Å². The van der Waals surface area contributed by atoms with Gasteiger partial charge in [0, 0.05) is 22.7 Å². The summed E-state index contributed by atoms with van der Waals surface area (Å²) in [5, 5.41) is 1.14. The highest BCUT2D eigenvalue weighted by Crippen LogP contribution is 2.18. The maximum atomic E-state index is 5.73. The van der Waals surface area contributed by atoms with Gasteiger partial charge < -0.3 is 15.0 Å². The number of para-hydroxylation sites is 1. The zero-order chi connectivity index (χ0) is 14.7. The monoisotopic (exact) mass is 296 g/mol. The van der Waals surface area contributed by atoms with Gasteiger partial charge in [0.25, 0.3) is 0 Å². The Morgan fingerprint density at radius 2 is 1.90 bits per heavy atom. The first-order chi connectivity index (χ1) is 10.2. The van der Waals surface area contributed by atoms with Crippen molar-refractivity contribution in [3.8, 4) is 5.75 Å². The molecule has 3 nitrogen and oxygen atoms in total. The minimum atomic E-state index is 0.428. The van der Waals surface area contributed by atoms with E-state index in [9.17, 15) is 0 Å². The molecule has 0 atom stereocenters. The van der Waals surface area contributed by atoms with E-state index in [2.05, 4.69) is 16.8 Å². The van der Waals surface area contributed by atoms with Crippen molar-refractivity contribution >= 4 is 28.1 Å². The fourth-order valence-electron chi connectivity index (χ4n) is 2.33. The van der Waals surface area contributed by atoms with Crippen LogP contribution >= 0.6 is 12.2 Å². The van der Waals surface area contributed by atoms with Crippen molar-refractivity contribution in [2.24, 2.45) is 5.73 Å². The molecule has 0 amide bonds. The normalized spacial score (nSPS) is 10.7. The first-order valence-corrected chi connectivity index (χ1v) is 7.21. The smallest absolute Gasteiger partial charge is 0.119 e. The standard InChI is InChI=1S/C17H16N2OS/c18-17(21)14-6-7-16-13(12-14)8-9-19(16)10-11-20-15-4-2-1-3-5-15/h1-9,12H,10-11H2,(H2,18,21). The summed E-state index contributed by atoms with van der Waals surface area (Å²) in [5.74, 6) is 0.893. The Bertz CT molecular complexity index is 765. The maximum Gasteiger partial charge on any atom is 0.119 e. The number of ether oxygens (including phenoxy) is 1. The van der Waals surface area contributed by atoms with E-state index in [0.717, 1.165) is 28.8 Å². The number of hydrogen-bond donors (Lipinski definition) is 1. The van der Waals surface area contributed by atoms with Gasteiger partial charge in [0.15, 0.2) is 0 Å². The van der Waals surface area contributed by atoms with E-state index in [-0.39, 0.29) is 0 Å². The summed E-state index contributed by atoms with van der Waals surface area (Å²) >= 11 is 5.01. The molecule has 0 unspecified atom stereocenters. The Morgan fingerprint density at radius 3 is 2.67 bits per heavy atom. The Kier molecular flexibility index (Phi) is 3.88. The molecule has 0 saturated carbocycles. The Hall–Kier alpha value is -2.33. The van der Waals surface area contributed by atoms with Crippen LogP contribution in [0.1, 0.15) is 5.56 Å². The number of nitrogens with two attached hydrogens (primary N) is 1. The second kappa shape index (κ2) is 5.97. The number of nitrogens with zero attached hydrogens (tertiary/aromatic N) is 1. The van der Waals surface area contributed by atoms with Gasteiger partial charge in [0.2, 0.25) is 0 Å². The van der Waals surface area contributed by atoms with Crippen LogP contribution < -0.4 is 10.5 Å². The molecule has 3 aromatic rings. The van der Waals surface area contributed by atoms with Crippen LogP contribution in [0.15, 0.2) is 60.8 Å². The van der Waals surface area contributed by atoms with E-state index in [1.165, 1.54) is 0 Å². The summed E-state index contributed by atoms with van der Waals surface area (Å²) in [4.78, 5) is 0.428. The summed E-state index contributed by atoms with van der Waals surface area (Å²) < 4.78 is 7.90. The predicted octanol–water partition coefficient (Wildman–Crippen LogP) is 3.35. The molecule has 0 aliphatic carbocycles. The van der Waals surface area contributed by atoms with Gasteiger partial charge in [-0.15, -0.1) is 0 Å². The van der Waals surface area contributed by atoms with Crippen molar-refractivity contribution in [3.05, 3.63) is 66.4 Å². The van der Waals surface area contributed by atoms with Crippen LogP contribution in [0.5, 0.6) is 5.75 Å². The zero-order valence-corrected chi connectivity index (χ0v) is 12.3. The maximum absolute atomic E-state index is 5.73. The van der Waals surface area contributed by atoms with Crippen LogP contribution in [0.25, 0.3) is 10.9 Å². The second-order valence-corrected chi connectivity index (χ2v) is 5.25. The topological polar surface area (TPSA) is 40.2 Å². The quantitative estimate of drug-likeness (QED) is 0.734. The summed E-state index contributed by atoms with van der Waals surface area (Å²) in [6, 6.07) is 17.9. The van der Waals surface area contributed by atoms with Crippen molar-refractivity contribution in [1.82, 2.24) is 4.57 Å². The number of hydrogen-bond acceptors (Lipinski definition) is 2. The van der Waals surface area contributed by atoms with Crippen molar-refractivity contribution in [2.45, 2.75) is 6.54 Å². The SMILES string of the molecule is NC(=S)c1ccc2c(ccn2CCOc2ccccc2)c1. The molecule has 0 spiro atoms. The van der Waals surface area contributed by atoms with Crippen molar-refractivity contribution in [3.63, 3.8) is 0 Å². The Morgan fingerprint density at radius 1 is 1.10 bits per heavy atom. The van der Waals surface area contributed by atoms with Gasteiger partial charge in [0.1, 0.15) is 17.3 Å². The van der Waals surface area contributed by atoms with E-state index in [0.29, 0.717) is 11.6 Å². The number of fused-ring (bicyclic) bond motifs is 1. The minimum absolute atomic E-state index is 0.428. The van der Waals surface area contributed by atoms with Crippen LogP contribution in [0, 0.1) is 0 Å². The molecule has 4 heteroatoms. The average Bonchev–Trinajstić information content (AvgIpc) is 2.91. The van der Waals surface area contributed by atoms with Gasteiger partial charge in [-0.1, -0.05) is 30.4 Å². The molecule has 3 rings (SSSR count). The summed E-state index contributed by atoms with van der Waals surface area (Å²) in [7, 11) is 0. The van der Waals surface area contributed by atoms with E-state index in [4.69, 9.17) is 22.7 Å². The number of benzene rings is 2. The van der Waals surface area contributed by atoms with Crippen LogP contribution in [-0.4, -0.2) is 16.2 Å². The highest BCUT2D eigenvalue weighted by Gasteiger charge is 2.04. The highest BCUT2D eigenvalue weighted by molar-refractivity contribution is 7.80. The van der Waals surface area contributed by atoms with Gasteiger partial charge in [-0.2, -0.15) is 0 Å². The third-order valence-electron chi connectivity index (χ3n) is 3.40. The van der Waals surface area contributed by atoms with Gasteiger partial charge >= 0.3 is 0 Å². The number of thiocarbonyl (C=S) groups is 1. The Labute approximate surface area is 128 Å². The molecule has 21 heavy (non-hydrogen) atoms. The van der Waals surface area contributed by atoms with Crippen molar-refractivity contribution in [2.75, 3.05) is 6.61 Å². The lowest BCUT2D eigenvalue weighted by atomic mass is 10.1. The van der Waals surface area contributed by atoms with E-state index < -0.39 is 0 Å². The molecule has 0 saturated heterocycles. The van der Waals surface area contributed by atoms with Crippen LogP contribution in [0.4, 0.5) is 0 Å². The molecule has 2 N–H and O–H groups in total. The van der Waals surface area contributed by atoms with Crippen molar-refractivity contribution in [1.29, 1.82) is 0 Å². The summed E-state index contributed by atoms with van der Waals surface area (Å²) in [6.07, 6.45) is 2.06. The van der Waals surface area contributed by atoms with E-state index in [1.54, 1.807) is 0 Å². The molecule has 1 aromatic heterocycles. The van der Waals surface area contributed by atoms with Crippen LogP contribution in [0.2, 0.25) is 0 Å². The summed E-state index contributed by atoms with van der Waals surface area (Å²) in [5.41, 5.74) is 7.72. The third kappa shape index (κ3) is 3.06. The fraction of sp³-hybridized carbons (Fsp3) is 0.118.